The molecule has 0 heterocycles. The fourth-order valence-corrected chi connectivity index (χ4v) is 2.29. The zero-order chi connectivity index (χ0) is 12.8. The normalized spacial score (nSPS) is 12.8. The maximum absolute atomic E-state index is 5.95. The van der Waals surface area contributed by atoms with Gasteiger partial charge in [0.2, 0.25) is 0 Å². The first-order chi connectivity index (χ1) is 8.04. The average Bonchev–Trinajstić information content (AvgIpc) is 2.27. The van der Waals surface area contributed by atoms with Crippen molar-refractivity contribution in [2.45, 2.75) is 46.5 Å². The molecule has 0 radical (unpaired) electrons. The van der Waals surface area contributed by atoms with Crippen LogP contribution in [0, 0.1) is 5.92 Å². The standard InChI is InChI=1S/C15H23BrO/c1-5-6-12(4)10-17-15-8-7-13(16)9-14(15)11(2)3/h7-9,11-12H,5-6,10H2,1-4H3. The molecule has 1 nitrogen and oxygen atoms in total. The van der Waals surface area contributed by atoms with Crippen molar-refractivity contribution in [2.24, 2.45) is 5.92 Å². The summed E-state index contributed by atoms with van der Waals surface area (Å²) in [5.74, 6) is 2.15. The van der Waals surface area contributed by atoms with Crippen LogP contribution in [0.1, 0.15) is 52.0 Å². The zero-order valence-electron chi connectivity index (χ0n) is 11.3. The molecule has 0 saturated carbocycles. The molecule has 0 amide bonds. The molecule has 1 atom stereocenters. The van der Waals surface area contributed by atoms with E-state index in [1.807, 2.05) is 6.07 Å². The molecule has 0 aliphatic heterocycles. The quantitative estimate of drug-likeness (QED) is 0.684. The van der Waals surface area contributed by atoms with E-state index in [9.17, 15) is 0 Å². The lowest BCUT2D eigenvalue weighted by Crippen LogP contribution is -2.09. The number of hydrogen-bond donors (Lipinski definition) is 0. The Balaban J connectivity index is 2.70. The van der Waals surface area contributed by atoms with Crippen molar-refractivity contribution in [1.82, 2.24) is 0 Å². The summed E-state index contributed by atoms with van der Waals surface area (Å²) in [6, 6.07) is 6.27. The Kier molecular flexibility index (Phi) is 6.04. The van der Waals surface area contributed by atoms with Gasteiger partial charge in [-0.2, -0.15) is 0 Å². The monoisotopic (exact) mass is 298 g/mol. The van der Waals surface area contributed by atoms with E-state index >= 15 is 0 Å². The molecule has 2 heteroatoms. The van der Waals surface area contributed by atoms with Crippen LogP contribution in [0.25, 0.3) is 0 Å². The van der Waals surface area contributed by atoms with E-state index in [0.29, 0.717) is 11.8 Å². The van der Waals surface area contributed by atoms with E-state index in [2.05, 4.69) is 55.8 Å². The summed E-state index contributed by atoms with van der Waals surface area (Å²) in [6.07, 6.45) is 2.45. The van der Waals surface area contributed by atoms with Crippen molar-refractivity contribution in [1.29, 1.82) is 0 Å². The number of hydrogen-bond acceptors (Lipinski definition) is 1. The van der Waals surface area contributed by atoms with Crippen LogP contribution in [0.2, 0.25) is 0 Å². The van der Waals surface area contributed by atoms with Gasteiger partial charge < -0.3 is 4.74 Å². The Bertz CT molecular complexity index is 347. The molecule has 0 aromatic heterocycles. The first-order valence-corrected chi connectivity index (χ1v) is 7.26. The van der Waals surface area contributed by atoms with Gasteiger partial charge in [-0.05, 0) is 42.0 Å². The highest BCUT2D eigenvalue weighted by atomic mass is 79.9. The Labute approximate surface area is 114 Å². The third kappa shape index (κ3) is 4.71. The topological polar surface area (TPSA) is 9.23 Å². The Hall–Kier alpha value is -0.500. The molecule has 1 unspecified atom stereocenters. The maximum atomic E-state index is 5.95. The average molecular weight is 299 g/mol. The lowest BCUT2D eigenvalue weighted by molar-refractivity contribution is 0.248. The largest absolute Gasteiger partial charge is 0.493 e. The predicted molar refractivity (Wildman–Crippen MR) is 77.8 cm³/mol. The summed E-state index contributed by atoms with van der Waals surface area (Å²) in [6.45, 7) is 9.68. The molecule has 0 fully saturated rings. The van der Waals surface area contributed by atoms with Crippen LogP contribution in [-0.2, 0) is 0 Å². The van der Waals surface area contributed by atoms with Gasteiger partial charge in [0.1, 0.15) is 5.75 Å². The first kappa shape index (κ1) is 14.6. The summed E-state index contributed by atoms with van der Waals surface area (Å²) < 4.78 is 7.07. The van der Waals surface area contributed by atoms with Crippen molar-refractivity contribution in [3.63, 3.8) is 0 Å². The van der Waals surface area contributed by atoms with E-state index in [-0.39, 0.29) is 0 Å². The van der Waals surface area contributed by atoms with Gasteiger partial charge in [-0.1, -0.05) is 50.0 Å². The fourth-order valence-electron chi connectivity index (χ4n) is 1.91. The molecule has 96 valence electrons. The van der Waals surface area contributed by atoms with E-state index in [1.165, 1.54) is 18.4 Å². The van der Waals surface area contributed by atoms with Crippen molar-refractivity contribution in [2.75, 3.05) is 6.61 Å². The molecule has 1 aromatic carbocycles. The Morgan fingerprint density at radius 3 is 2.53 bits per heavy atom. The number of rotatable bonds is 6. The summed E-state index contributed by atoms with van der Waals surface area (Å²) in [4.78, 5) is 0. The number of ether oxygens (including phenoxy) is 1. The van der Waals surface area contributed by atoms with Crippen molar-refractivity contribution in [3.8, 4) is 5.75 Å². The predicted octanol–water partition coefficient (Wildman–Crippen LogP) is 5.39. The summed E-state index contributed by atoms with van der Waals surface area (Å²) >= 11 is 3.51. The Morgan fingerprint density at radius 1 is 1.24 bits per heavy atom. The molecule has 0 saturated heterocycles. The lowest BCUT2D eigenvalue weighted by atomic mass is 10.0. The van der Waals surface area contributed by atoms with E-state index in [0.717, 1.165) is 16.8 Å². The summed E-state index contributed by atoms with van der Waals surface area (Å²) in [7, 11) is 0. The summed E-state index contributed by atoms with van der Waals surface area (Å²) in [5, 5.41) is 0. The van der Waals surface area contributed by atoms with E-state index < -0.39 is 0 Å². The second kappa shape index (κ2) is 7.05. The fraction of sp³-hybridized carbons (Fsp3) is 0.600. The summed E-state index contributed by atoms with van der Waals surface area (Å²) in [5.41, 5.74) is 1.28. The molecular weight excluding hydrogens is 276 g/mol. The van der Waals surface area contributed by atoms with Gasteiger partial charge in [-0.15, -0.1) is 0 Å². The first-order valence-electron chi connectivity index (χ1n) is 6.46. The molecule has 0 spiro atoms. The van der Waals surface area contributed by atoms with Gasteiger partial charge in [0.05, 0.1) is 6.61 Å². The van der Waals surface area contributed by atoms with Gasteiger partial charge in [0.25, 0.3) is 0 Å². The molecule has 0 bridgehead atoms. The van der Waals surface area contributed by atoms with Crippen LogP contribution < -0.4 is 4.74 Å². The maximum Gasteiger partial charge on any atom is 0.122 e. The van der Waals surface area contributed by atoms with Crippen LogP contribution in [0.15, 0.2) is 22.7 Å². The molecule has 1 rings (SSSR count). The van der Waals surface area contributed by atoms with Crippen molar-refractivity contribution in [3.05, 3.63) is 28.2 Å². The third-order valence-electron chi connectivity index (χ3n) is 2.90. The highest BCUT2D eigenvalue weighted by molar-refractivity contribution is 9.10. The number of benzene rings is 1. The lowest BCUT2D eigenvalue weighted by Gasteiger charge is -2.17. The smallest absolute Gasteiger partial charge is 0.122 e. The van der Waals surface area contributed by atoms with Gasteiger partial charge in [-0.25, -0.2) is 0 Å². The zero-order valence-corrected chi connectivity index (χ0v) is 12.9. The minimum Gasteiger partial charge on any atom is -0.493 e. The van der Waals surface area contributed by atoms with Gasteiger partial charge in [0.15, 0.2) is 0 Å². The van der Waals surface area contributed by atoms with Crippen LogP contribution in [0.3, 0.4) is 0 Å². The Morgan fingerprint density at radius 2 is 1.94 bits per heavy atom. The van der Waals surface area contributed by atoms with Gasteiger partial charge >= 0.3 is 0 Å². The highest BCUT2D eigenvalue weighted by Crippen LogP contribution is 2.29. The van der Waals surface area contributed by atoms with Crippen molar-refractivity contribution < 1.29 is 4.74 Å². The molecule has 17 heavy (non-hydrogen) atoms. The number of halogens is 1. The minimum absolute atomic E-state index is 0.490. The van der Waals surface area contributed by atoms with Crippen LogP contribution in [0.5, 0.6) is 5.75 Å². The van der Waals surface area contributed by atoms with E-state index in [4.69, 9.17) is 4.74 Å². The molecule has 0 aliphatic carbocycles. The SMILES string of the molecule is CCCC(C)COc1ccc(Br)cc1C(C)C. The van der Waals surface area contributed by atoms with Crippen molar-refractivity contribution >= 4 is 15.9 Å². The molecule has 0 aliphatic rings. The van der Waals surface area contributed by atoms with Crippen LogP contribution in [-0.4, -0.2) is 6.61 Å². The molecule has 0 N–H and O–H groups in total. The third-order valence-corrected chi connectivity index (χ3v) is 3.39. The molecule has 1 aromatic rings. The second-order valence-corrected chi connectivity index (χ2v) is 5.96. The molecular formula is C15H23BrO. The van der Waals surface area contributed by atoms with Gasteiger partial charge in [0, 0.05) is 4.47 Å². The van der Waals surface area contributed by atoms with E-state index in [1.54, 1.807) is 0 Å². The van der Waals surface area contributed by atoms with Crippen LogP contribution >= 0.6 is 15.9 Å². The van der Waals surface area contributed by atoms with Gasteiger partial charge in [-0.3, -0.25) is 0 Å². The highest BCUT2D eigenvalue weighted by Gasteiger charge is 2.10. The minimum atomic E-state index is 0.490. The van der Waals surface area contributed by atoms with Crippen LogP contribution in [0.4, 0.5) is 0 Å². The second-order valence-electron chi connectivity index (χ2n) is 5.04.